The van der Waals surface area contributed by atoms with Crippen molar-refractivity contribution in [1.82, 2.24) is 4.90 Å². The van der Waals surface area contributed by atoms with Gasteiger partial charge in [-0.05, 0) is 19.8 Å². The monoisotopic (exact) mass is 226 g/mol. The minimum atomic E-state index is -0.617. The van der Waals surface area contributed by atoms with E-state index in [1.807, 2.05) is 20.8 Å². The van der Waals surface area contributed by atoms with Gasteiger partial charge in [0.2, 0.25) is 5.91 Å². The molecule has 2 aliphatic rings. The first-order valence-corrected chi connectivity index (χ1v) is 5.99. The third-order valence-electron chi connectivity index (χ3n) is 4.06. The van der Waals surface area contributed by atoms with E-state index in [1.54, 1.807) is 4.90 Å². The molecule has 0 radical (unpaired) electrons. The van der Waals surface area contributed by atoms with Crippen molar-refractivity contribution in [2.75, 3.05) is 6.61 Å². The van der Waals surface area contributed by atoms with E-state index in [2.05, 4.69) is 13.8 Å². The Morgan fingerprint density at radius 2 is 2.06 bits per heavy atom. The zero-order valence-electron chi connectivity index (χ0n) is 10.8. The number of fused-ring (bicyclic) bond motifs is 1. The third-order valence-corrected chi connectivity index (χ3v) is 4.06. The predicted octanol–water partition coefficient (Wildman–Crippen LogP) is 1.16. The van der Waals surface area contributed by atoms with Crippen LogP contribution in [0.25, 0.3) is 0 Å². The van der Waals surface area contributed by atoms with Gasteiger partial charge in [-0.15, -0.1) is 0 Å². The van der Waals surface area contributed by atoms with E-state index >= 15 is 0 Å². The Labute approximate surface area is 97.1 Å². The van der Waals surface area contributed by atoms with Crippen LogP contribution >= 0.6 is 0 Å². The third kappa shape index (κ3) is 1.26. The first-order valence-electron chi connectivity index (χ1n) is 5.99. The second-order valence-corrected chi connectivity index (χ2v) is 5.96. The van der Waals surface area contributed by atoms with Gasteiger partial charge >= 0.3 is 0 Å². The van der Waals surface area contributed by atoms with Gasteiger partial charge in [0.25, 0.3) is 0 Å². The standard InChI is InChI=1S/C12H22N2O2/c1-7(2)9-8(3)10(15)14-11(4,5)16-6-12(9,14)13/h7-9H,6,13H2,1-5H3/t8-,9-,12+/m0/s1. The number of carbonyl (C=O) groups excluding carboxylic acids is 1. The summed E-state index contributed by atoms with van der Waals surface area (Å²) in [4.78, 5) is 14.0. The molecule has 2 N–H and O–H groups in total. The molecule has 0 aliphatic carbocycles. The first kappa shape index (κ1) is 11.9. The van der Waals surface area contributed by atoms with E-state index in [0.29, 0.717) is 12.5 Å². The SMILES string of the molecule is CC(C)[C@H]1[C@H](C)C(=O)N2C(C)(C)OC[C@]12N. The lowest BCUT2D eigenvalue weighted by Crippen LogP contribution is -2.59. The van der Waals surface area contributed by atoms with Gasteiger partial charge in [0.15, 0.2) is 0 Å². The maximum atomic E-state index is 12.3. The lowest BCUT2D eigenvalue weighted by atomic mass is 9.79. The van der Waals surface area contributed by atoms with Crippen LogP contribution in [0.2, 0.25) is 0 Å². The number of hydrogen-bond acceptors (Lipinski definition) is 3. The Hall–Kier alpha value is -0.610. The first-order chi connectivity index (χ1) is 7.22. The Kier molecular flexibility index (Phi) is 2.37. The van der Waals surface area contributed by atoms with Crippen LogP contribution in [0.15, 0.2) is 0 Å². The molecule has 3 atom stereocenters. The van der Waals surface area contributed by atoms with Crippen LogP contribution in [0.4, 0.5) is 0 Å². The topological polar surface area (TPSA) is 55.6 Å². The fourth-order valence-electron chi connectivity index (χ4n) is 3.58. The molecule has 16 heavy (non-hydrogen) atoms. The molecular weight excluding hydrogens is 204 g/mol. The van der Waals surface area contributed by atoms with E-state index in [0.717, 1.165) is 0 Å². The number of nitrogens with two attached hydrogens (primary N) is 1. The highest BCUT2D eigenvalue weighted by atomic mass is 16.5. The highest BCUT2D eigenvalue weighted by Gasteiger charge is 2.64. The average Bonchev–Trinajstić information content (AvgIpc) is 2.47. The molecule has 92 valence electrons. The molecule has 0 aromatic carbocycles. The van der Waals surface area contributed by atoms with Crippen molar-refractivity contribution in [1.29, 1.82) is 0 Å². The fourth-order valence-corrected chi connectivity index (χ4v) is 3.58. The Morgan fingerprint density at radius 3 is 2.56 bits per heavy atom. The number of ether oxygens (including phenoxy) is 1. The highest BCUT2D eigenvalue weighted by molar-refractivity contribution is 5.83. The van der Waals surface area contributed by atoms with Gasteiger partial charge in [0, 0.05) is 11.8 Å². The number of carbonyl (C=O) groups is 1. The zero-order chi connectivity index (χ0) is 12.3. The molecule has 2 fully saturated rings. The normalized spacial score (nSPS) is 41.9. The molecule has 4 heteroatoms. The summed E-state index contributed by atoms with van der Waals surface area (Å²) in [5, 5.41) is 0. The molecule has 0 bridgehead atoms. The van der Waals surface area contributed by atoms with E-state index in [1.165, 1.54) is 0 Å². The molecular formula is C12H22N2O2. The lowest BCUT2D eigenvalue weighted by molar-refractivity contribution is -0.146. The van der Waals surface area contributed by atoms with Crippen molar-refractivity contribution < 1.29 is 9.53 Å². The van der Waals surface area contributed by atoms with Crippen LogP contribution in [0, 0.1) is 17.8 Å². The molecule has 0 spiro atoms. The smallest absolute Gasteiger partial charge is 0.229 e. The lowest BCUT2D eigenvalue weighted by Gasteiger charge is -2.37. The van der Waals surface area contributed by atoms with Crippen molar-refractivity contribution >= 4 is 5.91 Å². The summed E-state index contributed by atoms with van der Waals surface area (Å²) in [6.45, 7) is 10.5. The van der Waals surface area contributed by atoms with Gasteiger partial charge in [0.1, 0.15) is 11.4 Å². The summed E-state index contributed by atoms with van der Waals surface area (Å²) in [7, 11) is 0. The van der Waals surface area contributed by atoms with E-state index in [9.17, 15) is 4.79 Å². The molecule has 0 aromatic heterocycles. The largest absolute Gasteiger partial charge is 0.352 e. The van der Waals surface area contributed by atoms with Crippen molar-refractivity contribution in [3.8, 4) is 0 Å². The van der Waals surface area contributed by atoms with Crippen LogP contribution in [0.5, 0.6) is 0 Å². The number of amides is 1. The van der Waals surface area contributed by atoms with Gasteiger partial charge < -0.3 is 10.5 Å². The van der Waals surface area contributed by atoms with Crippen LogP contribution in [0.3, 0.4) is 0 Å². The zero-order valence-corrected chi connectivity index (χ0v) is 10.8. The highest BCUT2D eigenvalue weighted by Crippen LogP contribution is 2.48. The molecule has 2 heterocycles. The summed E-state index contributed by atoms with van der Waals surface area (Å²) < 4.78 is 5.69. The molecule has 2 saturated heterocycles. The van der Waals surface area contributed by atoms with Crippen LogP contribution in [-0.4, -0.2) is 28.8 Å². The molecule has 2 aliphatic heterocycles. The minimum Gasteiger partial charge on any atom is -0.352 e. The van der Waals surface area contributed by atoms with Crippen molar-refractivity contribution in [3.05, 3.63) is 0 Å². The van der Waals surface area contributed by atoms with Gasteiger partial charge in [-0.25, -0.2) is 0 Å². The summed E-state index contributed by atoms with van der Waals surface area (Å²) in [6, 6.07) is 0. The molecule has 2 rings (SSSR count). The van der Waals surface area contributed by atoms with Crippen LogP contribution in [-0.2, 0) is 9.53 Å². The summed E-state index contributed by atoms with van der Waals surface area (Å²) >= 11 is 0. The van der Waals surface area contributed by atoms with Gasteiger partial charge in [-0.3, -0.25) is 9.69 Å². The molecule has 0 saturated carbocycles. The van der Waals surface area contributed by atoms with Gasteiger partial charge in [-0.2, -0.15) is 0 Å². The van der Waals surface area contributed by atoms with Crippen molar-refractivity contribution in [2.24, 2.45) is 23.5 Å². The van der Waals surface area contributed by atoms with Crippen LogP contribution < -0.4 is 5.73 Å². The maximum Gasteiger partial charge on any atom is 0.229 e. The molecule has 0 unspecified atom stereocenters. The van der Waals surface area contributed by atoms with Gasteiger partial charge in [0.05, 0.1) is 6.61 Å². The Bertz CT molecular complexity index is 327. The molecule has 1 amide bonds. The summed E-state index contributed by atoms with van der Waals surface area (Å²) in [6.07, 6.45) is 0. The van der Waals surface area contributed by atoms with E-state index < -0.39 is 11.4 Å². The summed E-state index contributed by atoms with van der Waals surface area (Å²) in [5.74, 6) is 0.671. The second kappa shape index (κ2) is 3.20. The predicted molar refractivity (Wildman–Crippen MR) is 61.3 cm³/mol. The second-order valence-electron chi connectivity index (χ2n) is 5.96. The van der Waals surface area contributed by atoms with E-state index in [4.69, 9.17) is 10.5 Å². The number of rotatable bonds is 1. The number of hydrogen-bond donors (Lipinski definition) is 1. The average molecular weight is 226 g/mol. The Morgan fingerprint density at radius 1 is 1.50 bits per heavy atom. The van der Waals surface area contributed by atoms with Crippen LogP contribution in [0.1, 0.15) is 34.6 Å². The van der Waals surface area contributed by atoms with Gasteiger partial charge in [-0.1, -0.05) is 20.8 Å². The fraction of sp³-hybridized carbons (Fsp3) is 0.917. The van der Waals surface area contributed by atoms with E-state index in [-0.39, 0.29) is 17.7 Å². The minimum absolute atomic E-state index is 0.00632. The summed E-state index contributed by atoms with van der Waals surface area (Å²) in [5.41, 5.74) is 5.26. The maximum absolute atomic E-state index is 12.3. The Balaban J connectivity index is 2.45. The molecule has 0 aromatic rings. The number of nitrogens with zero attached hydrogens (tertiary/aromatic N) is 1. The quantitative estimate of drug-likeness (QED) is 0.730. The molecule has 4 nitrogen and oxygen atoms in total. The van der Waals surface area contributed by atoms with Crippen molar-refractivity contribution in [3.63, 3.8) is 0 Å². The van der Waals surface area contributed by atoms with Crippen molar-refractivity contribution in [2.45, 2.75) is 46.0 Å².